The fourth-order valence-electron chi connectivity index (χ4n) is 3.86. The Morgan fingerprint density at radius 2 is 1.17 bits per heavy atom. The summed E-state index contributed by atoms with van der Waals surface area (Å²) in [5, 5.41) is 0. The molecule has 0 heterocycles. The lowest BCUT2D eigenvalue weighted by atomic mass is 10.1. The predicted molar refractivity (Wildman–Crippen MR) is 134 cm³/mol. The van der Waals surface area contributed by atoms with Crippen LogP contribution in [0.2, 0.25) is 0 Å². The van der Waals surface area contributed by atoms with Gasteiger partial charge in [0.05, 0.1) is 48.9 Å². The van der Waals surface area contributed by atoms with E-state index in [9.17, 15) is 0 Å². The van der Waals surface area contributed by atoms with E-state index < -0.39 is 0 Å². The number of unbranched alkanes of at least 4 members (excludes halogenated alkanes) is 11. The minimum absolute atomic E-state index is 0.819. The lowest BCUT2D eigenvalue weighted by molar-refractivity contribution is -0.884. The monoisotopic (exact) mass is 420 g/mol. The van der Waals surface area contributed by atoms with Crippen LogP contribution in [0, 0.1) is 0 Å². The van der Waals surface area contributed by atoms with Crippen LogP contribution < -0.4 is 9.22 Å². The van der Waals surface area contributed by atoms with Gasteiger partial charge in [0.15, 0.2) is 0 Å². The molecule has 0 aliphatic carbocycles. The third-order valence-corrected chi connectivity index (χ3v) is 5.73. The average Bonchev–Trinajstić information content (AvgIpc) is 2.64. The molecular formula is C27H52N2O+2. The van der Waals surface area contributed by atoms with Crippen LogP contribution in [0.15, 0.2) is 18.2 Å². The summed E-state index contributed by atoms with van der Waals surface area (Å²) in [6, 6.07) is 6.77. The van der Waals surface area contributed by atoms with Gasteiger partial charge in [-0.05, 0) is 18.6 Å². The Bertz CT molecular complexity index is 569. The number of hydrogen-bond acceptors (Lipinski definition) is 1. The Kier molecular flexibility index (Phi) is 12.7. The summed E-state index contributed by atoms with van der Waals surface area (Å²) < 4.78 is 8.03. The molecule has 3 nitrogen and oxygen atoms in total. The lowest BCUT2D eigenvalue weighted by Gasteiger charge is -2.27. The van der Waals surface area contributed by atoms with Crippen LogP contribution >= 0.6 is 0 Å². The Morgan fingerprint density at radius 1 is 0.667 bits per heavy atom. The van der Waals surface area contributed by atoms with Gasteiger partial charge in [-0.1, -0.05) is 77.6 Å². The SMILES string of the molecule is CCCCCCCCCCCCCCOc1cc([N+](C)(C)C)ccc1C[N+](C)(C)C. The molecule has 0 fully saturated rings. The number of hydrogen-bond donors (Lipinski definition) is 0. The number of nitrogens with zero attached hydrogens (tertiary/aromatic N) is 2. The van der Waals surface area contributed by atoms with Crippen molar-refractivity contribution in [1.82, 2.24) is 4.48 Å². The molecule has 1 aromatic carbocycles. The van der Waals surface area contributed by atoms with Crippen molar-refractivity contribution in [2.45, 2.75) is 90.5 Å². The van der Waals surface area contributed by atoms with Crippen molar-refractivity contribution in [2.24, 2.45) is 0 Å². The van der Waals surface area contributed by atoms with Crippen LogP contribution in [0.1, 0.15) is 89.5 Å². The summed E-state index contributed by atoms with van der Waals surface area (Å²) in [5.41, 5.74) is 2.61. The van der Waals surface area contributed by atoms with E-state index in [0.717, 1.165) is 34.3 Å². The minimum Gasteiger partial charge on any atom is -0.493 e. The van der Waals surface area contributed by atoms with Crippen LogP contribution in [-0.4, -0.2) is 53.4 Å². The van der Waals surface area contributed by atoms with Gasteiger partial charge in [0.1, 0.15) is 18.0 Å². The van der Waals surface area contributed by atoms with E-state index in [1.54, 1.807) is 0 Å². The van der Waals surface area contributed by atoms with Gasteiger partial charge in [0, 0.05) is 11.6 Å². The highest BCUT2D eigenvalue weighted by Crippen LogP contribution is 2.29. The first-order valence-corrected chi connectivity index (χ1v) is 12.5. The standard InChI is InChI=1S/C27H52N2O/c1-8-9-10-11-12-13-14-15-16-17-18-19-22-30-27-23-26(29(5,6)7)21-20-25(27)24-28(2,3)4/h20-21,23H,8-19,22,24H2,1-7H3/q+2. The molecule has 0 N–H and O–H groups in total. The molecular weight excluding hydrogens is 368 g/mol. The molecule has 0 saturated heterocycles. The van der Waals surface area contributed by atoms with E-state index in [4.69, 9.17) is 4.74 Å². The predicted octanol–water partition coefficient (Wildman–Crippen LogP) is 7.17. The van der Waals surface area contributed by atoms with Gasteiger partial charge >= 0.3 is 0 Å². The van der Waals surface area contributed by atoms with Gasteiger partial charge in [-0.3, -0.25) is 4.48 Å². The zero-order valence-corrected chi connectivity index (χ0v) is 21.4. The minimum atomic E-state index is 0.819. The number of benzene rings is 1. The molecule has 30 heavy (non-hydrogen) atoms. The largest absolute Gasteiger partial charge is 0.493 e. The summed E-state index contributed by atoms with van der Waals surface area (Å²) in [7, 11) is 13.4. The third-order valence-electron chi connectivity index (χ3n) is 5.73. The molecule has 0 aliphatic rings. The molecule has 0 bridgehead atoms. The Morgan fingerprint density at radius 3 is 1.63 bits per heavy atom. The quantitative estimate of drug-likeness (QED) is 0.192. The normalized spacial score (nSPS) is 12.4. The summed E-state index contributed by atoms with van der Waals surface area (Å²) >= 11 is 0. The molecule has 1 aromatic rings. The summed E-state index contributed by atoms with van der Waals surface area (Å²) in [5.74, 6) is 1.08. The highest BCUT2D eigenvalue weighted by Gasteiger charge is 2.19. The Labute approximate surface area is 188 Å². The van der Waals surface area contributed by atoms with E-state index in [1.165, 1.54) is 81.9 Å². The highest BCUT2D eigenvalue weighted by molar-refractivity contribution is 5.50. The van der Waals surface area contributed by atoms with Crippen LogP contribution in [0.5, 0.6) is 5.75 Å². The van der Waals surface area contributed by atoms with Gasteiger partial charge in [-0.25, -0.2) is 0 Å². The lowest BCUT2D eigenvalue weighted by Crippen LogP contribution is -2.35. The number of quaternary nitrogens is 2. The van der Waals surface area contributed by atoms with Crippen LogP contribution in [0.3, 0.4) is 0 Å². The molecule has 0 unspecified atom stereocenters. The zero-order chi connectivity index (χ0) is 22.5. The average molecular weight is 421 g/mol. The van der Waals surface area contributed by atoms with Crippen molar-refractivity contribution in [3.05, 3.63) is 23.8 Å². The molecule has 0 aliphatic heterocycles. The van der Waals surface area contributed by atoms with Crippen molar-refractivity contribution in [3.63, 3.8) is 0 Å². The summed E-state index contributed by atoms with van der Waals surface area (Å²) in [4.78, 5) is 0. The maximum atomic E-state index is 6.29. The van der Waals surface area contributed by atoms with E-state index in [2.05, 4.69) is 67.4 Å². The van der Waals surface area contributed by atoms with E-state index >= 15 is 0 Å². The molecule has 0 saturated carbocycles. The topological polar surface area (TPSA) is 9.23 Å². The first-order chi connectivity index (χ1) is 14.1. The Hall–Kier alpha value is -1.06. The van der Waals surface area contributed by atoms with Crippen molar-refractivity contribution in [2.75, 3.05) is 48.9 Å². The summed E-state index contributed by atoms with van der Waals surface area (Å²) in [6.45, 7) is 4.12. The highest BCUT2D eigenvalue weighted by atomic mass is 16.5. The molecule has 0 spiro atoms. The first kappa shape index (κ1) is 27.0. The van der Waals surface area contributed by atoms with Gasteiger partial charge in [-0.2, -0.15) is 0 Å². The molecule has 3 heteroatoms. The third kappa shape index (κ3) is 12.6. The smallest absolute Gasteiger partial charge is 0.135 e. The second kappa shape index (κ2) is 14.1. The second-order valence-electron chi connectivity index (χ2n) is 11.0. The first-order valence-electron chi connectivity index (χ1n) is 12.5. The van der Waals surface area contributed by atoms with Gasteiger partial charge in [0.2, 0.25) is 0 Å². The molecule has 1 rings (SSSR count). The maximum absolute atomic E-state index is 6.29. The summed E-state index contributed by atoms with van der Waals surface area (Å²) in [6.07, 6.45) is 16.5. The maximum Gasteiger partial charge on any atom is 0.135 e. The van der Waals surface area contributed by atoms with E-state index in [-0.39, 0.29) is 0 Å². The molecule has 0 amide bonds. The fraction of sp³-hybridized carbons (Fsp3) is 0.778. The van der Waals surface area contributed by atoms with E-state index in [1.807, 2.05) is 0 Å². The van der Waals surface area contributed by atoms with Gasteiger partial charge in [0.25, 0.3) is 0 Å². The van der Waals surface area contributed by atoms with Crippen molar-refractivity contribution in [1.29, 1.82) is 0 Å². The number of rotatable bonds is 17. The van der Waals surface area contributed by atoms with Crippen LogP contribution in [-0.2, 0) is 6.54 Å². The number of ether oxygens (including phenoxy) is 1. The van der Waals surface area contributed by atoms with Crippen molar-refractivity contribution >= 4 is 5.69 Å². The van der Waals surface area contributed by atoms with Crippen LogP contribution in [0.25, 0.3) is 0 Å². The molecule has 0 aromatic heterocycles. The Balaban J connectivity index is 2.29. The zero-order valence-electron chi connectivity index (χ0n) is 21.4. The molecule has 0 radical (unpaired) electrons. The molecule has 0 atom stereocenters. The second-order valence-corrected chi connectivity index (χ2v) is 11.0. The van der Waals surface area contributed by atoms with Gasteiger partial charge in [-0.15, -0.1) is 0 Å². The van der Waals surface area contributed by atoms with Crippen molar-refractivity contribution in [3.8, 4) is 5.75 Å². The molecule has 174 valence electrons. The van der Waals surface area contributed by atoms with Crippen LogP contribution in [0.4, 0.5) is 5.69 Å². The van der Waals surface area contributed by atoms with Crippen molar-refractivity contribution < 1.29 is 9.22 Å². The fourth-order valence-corrected chi connectivity index (χ4v) is 3.86. The van der Waals surface area contributed by atoms with Gasteiger partial charge < -0.3 is 9.22 Å². The van der Waals surface area contributed by atoms with E-state index in [0.29, 0.717) is 0 Å².